The van der Waals surface area contributed by atoms with Crippen molar-refractivity contribution in [2.45, 2.75) is 45.7 Å². The second-order valence-corrected chi connectivity index (χ2v) is 13.4. The Hall–Kier alpha value is -4.44. The molecule has 1 aliphatic rings. The van der Waals surface area contributed by atoms with Gasteiger partial charge in [-0.2, -0.15) is 4.31 Å². The zero-order valence-corrected chi connectivity index (χ0v) is 27.2. The SMILES string of the molecule is COC(=O)C1=C(C)N(c2cc(C)cc(C)c2)/C(=C/c2ccc(CN(Cc3ccc(C)cc3)S(=O)(=O)c3ccc(Cl)cc3)o2)C1=O. The first kappa shape index (κ1) is 32.0. The predicted molar refractivity (Wildman–Crippen MR) is 174 cm³/mol. The van der Waals surface area contributed by atoms with E-state index in [4.69, 9.17) is 20.8 Å². The maximum atomic E-state index is 13.8. The Balaban J connectivity index is 1.51. The molecule has 1 aliphatic heterocycles. The molecule has 2 heterocycles. The van der Waals surface area contributed by atoms with Gasteiger partial charge in [-0.1, -0.05) is 47.5 Å². The van der Waals surface area contributed by atoms with Gasteiger partial charge in [0.15, 0.2) is 0 Å². The third kappa shape index (κ3) is 6.81. The highest BCUT2D eigenvalue weighted by Gasteiger charge is 2.38. The number of rotatable bonds is 9. The average Bonchev–Trinajstić information content (AvgIpc) is 3.53. The molecule has 0 bridgehead atoms. The van der Waals surface area contributed by atoms with Crippen molar-refractivity contribution in [2.24, 2.45) is 0 Å². The van der Waals surface area contributed by atoms with Crippen molar-refractivity contribution < 1.29 is 27.2 Å². The smallest absolute Gasteiger partial charge is 0.343 e. The van der Waals surface area contributed by atoms with E-state index in [1.807, 2.05) is 63.2 Å². The van der Waals surface area contributed by atoms with Crippen LogP contribution in [0.4, 0.5) is 5.69 Å². The minimum absolute atomic E-state index is 0.0620. The average molecular weight is 645 g/mol. The molecule has 0 amide bonds. The maximum Gasteiger partial charge on any atom is 0.343 e. The fourth-order valence-electron chi connectivity index (χ4n) is 5.32. The summed E-state index contributed by atoms with van der Waals surface area (Å²) in [6.07, 6.45) is 1.56. The molecule has 0 radical (unpaired) electrons. The first-order valence-electron chi connectivity index (χ1n) is 14.2. The summed E-state index contributed by atoms with van der Waals surface area (Å²) in [5.74, 6) is -0.536. The number of anilines is 1. The monoisotopic (exact) mass is 644 g/mol. The van der Waals surface area contributed by atoms with Gasteiger partial charge in [0.05, 0.1) is 24.2 Å². The van der Waals surface area contributed by atoms with Gasteiger partial charge in [-0.05, 0) is 92.9 Å². The number of esters is 1. The van der Waals surface area contributed by atoms with Crippen molar-refractivity contribution in [3.63, 3.8) is 0 Å². The standard InChI is InChI=1S/C35H33ClN2O6S/c1-22-6-8-26(9-7-22)20-37(45(41,42)31-14-10-27(36)11-15-31)21-30-13-12-29(44-30)19-32-34(39)33(35(40)43-5)25(4)38(32)28-17-23(2)16-24(3)18-28/h6-19H,20-21H2,1-5H3/b32-19+. The van der Waals surface area contributed by atoms with Crippen LogP contribution in [0.3, 0.4) is 0 Å². The van der Waals surface area contributed by atoms with Crippen LogP contribution in [0, 0.1) is 20.8 Å². The molecular formula is C35H33ClN2O6S. The van der Waals surface area contributed by atoms with Gasteiger partial charge in [0.1, 0.15) is 17.1 Å². The number of hydrogen-bond acceptors (Lipinski definition) is 7. The van der Waals surface area contributed by atoms with E-state index in [0.717, 1.165) is 22.3 Å². The number of benzene rings is 3. The second-order valence-electron chi connectivity index (χ2n) is 11.0. The van der Waals surface area contributed by atoms with E-state index in [1.54, 1.807) is 30.0 Å². The predicted octanol–water partition coefficient (Wildman–Crippen LogP) is 7.13. The number of methoxy groups -OCH3 is 1. The molecule has 10 heteroatoms. The number of nitrogens with zero attached hydrogens (tertiary/aromatic N) is 2. The Kier molecular flexibility index (Phi) is 9.16. The number of allylic oxidation sites excluding steroid dienone is 2. The molecule has 0 saturated carbocycles. The third-order valence-corrected chi connectivity index (χ3v) is 9.53. The van der Waals surface area contributed by atoms with E-state index in [2.05, 4.69) is 0 Å². The summed E-state index contributed by atoms with van der Waals surface area (Å²) in [5, 5.41) is 0.430. The van der Waals surface area contributed by atoms with E-state index in [-0.39, 0.29) is 29.3 Å². The molecule has 0 spiro atoms. The lowest BCUT2D eigenvalue weighted by atomic mass is 10.1. The Morgan fingerprint density at radius 2 is 1.53 bits per heavy atom. The molecule has 3 aromatic carbocycles. The van der Waals surface area contributed by atoms with Crippen LogP contribution in [0.25, 0.3) is 6.08 Å². The molecule has 45 heavy (non-hydrogen) atoms. The number of hydrogen-bond donors (Lipinski definition) is 0. The molecule has 0 aliphatic carbocycles. The summed E-state index contributed by atoms with van der Waals surface area (Å²) in [6.45, 7) is 7.61. The Labute approximate surface area is 268 Å². The quantitative estimate of drug-likeness (QED) is 0.109. The number of furan rings is 1. The molecule has 8 nitrogen and oxygen atoms in total. The molecule has 0 unspecified atom stereocenters. The molecule has 0 fully saturated rings. The van der Waals surface area contributed by atoms with Crippen LogP contribution in [0.5, 0.6) is 0 Å². The number of carbonyl (C=O) groups is 2. The van der Waals surface area contributed by atoms with Gasteiger partial charge in [-0.15, -0.1) is 0 Å². The normalized spacial score (nSPS) is 14.6. The highest BCUT2D eigenvalue weighted by molar-refractivity contribution is 7.89. The van der Waals surface area contributed by atoms with Gasteiger partial charge >= 0.3 is 5.97 Å². The lowest BCUT2D eigenvalue weighted by Crippen LogP contribution is -2.30. The first-order chi connectivity index (χ1) is 21.4. The van der Waals surface area contributed by atoms with Crippen LogP contribution in [0.2, 0.25) is 5.02 Å². The largest absolute Gasteiger partial charge is 0.465 e. The number of sulfonamides is 1. The van der Waals surface area contributed by atoms with Crippen LogP contribution in [0.1, 0.15) is 40.7 Å². The van der Waals surface area contributed by atoms with Gasteiger partial charge < -0.3 is 14.1 Å². The van der Waals surface area contributed by atoms with Gasteiger partial charge in [0, 0.05) is 29.0 Å². The van der Waals surface area contributed by atoms with Gasteiger partial charge in [-0.3, -0.25) is 4.79 Å². The first-order valence-corrected chi connectivity index (χ1v) is 16.0. The van der Waals surface area contributed by atoms with E-state index in [0.29, 0.717) is 27.9 Å². The van der Waals surface area contributed by atoms with Crippen LogP contribution >= 0.6 is 11.6 Å². The zero-order chi connectivity index (χ0) is 32.5. The fourth-order valence-corrected chi connectivity index (χ4v) is 6.84. The second kappa shape index (κ2) is 12.9. The number of aryl methyl sites for hydroxylation is 3. The van der Waals surface area contributed by atoms with Gasteiger partial charge in [0.2, 0.25) is 15.8 Å². The summed E-state index contributed by atoms with van der Waals surface area (Å²) in [4.78, 5) is 28.0. The summed E-state index contributed by atoms with van der Waals surface area (Å²) in [6, 6.07) is 22.9. The highest BCUT2D eigenvalue weighted by Crippen LogP contribution is 2.37. The van der Waals surface area contributed by atoms with E-state index < -0.39 is 21.8 Å². The topological polar surface area (TPSA) is 97.1 Å². The molecule has 1 aromatic heterocycles. The van der Waals surface area contributed by atoms with Crippen LogP contribution < -0.4 is 4.90 Å². The number of ether oxygens (including phenoxy) is 1. The minimum Gasteiger partial charge on any atom is -0.465 e. The highest BCUT2D eigenvalue weighted by atomic mass is 35.5. The molecular weight excluding hydrogens is 612 g/mol. The number of ketones is 1. The number of carbonyl (C=O) groups excluding carboxylic acids is 2. The van der Waals surface area contributed by atoms with Crippen molar-refractivity contribution in [1.82, 2.24) is 4.31 Å². The van der Waals surface area contributed by atoms with Crippen LogP contribution in [-0.4, -0.2) is 31.6 Å². The van der Waals surface area contributed by atoms with E-state index in [9.17, 15) is 18.0 Å². The van der Waals surface area contributed by atoms with Gasteiger partial charge in [0.25, 0.3) is 0 Å². The minimum atomic E-state index is -3.95. The molecule has 0 atom stereocenters. The zero-order valence-electron chi connectivity index (χ0n) is 25.6. The van der Waals surface area contributed by atoms with E-state index in [1.165, 1.54) is 35.7 Å². The molecule has 0 saturated heterocycles. The van der Waals surface area contributed by atoms with Crippen LogP contribution in [0.15, 0.2) is 105 Å². The number of halogens is 1. The lowest BCUT2D eigenvalue weighted by molar-refractivity contribution is -0.137. The molecule has 5 rings (SSSR count). The van der Waals surface area contributed by atoms with Crippen molar-refractivity contribution >= 4 is 45.1 Å². The summed E-state index contributed by atoms with van der Waals surface area (Å²) >= 11 is 6.02. The van der Waals surface area contributed by atoms with Gasteiger partial charge in [-0.25, -0.2) is 13.2 Å². The molecule has 0 N–H and O–H groups in total. The maximum absolute atomic E-state index is 13.8. The Morgan fingerprint density at radius 1 is 0.889 bits per heavy atom. The fraction of sp³-hybridized carbons (Fsp3) is 0.200. The third-order valence-electron chi connectivity index (χ3n) is 7.48. The summed E-state index contributed by atoms with van der Waals surface area (Å²) < 4.78 is 39.9. The van der Waals surface area contributed by atoms with Crippen molar-refractivity contribution in [2.75, 3.05) is 12.0 Å². The Morgan fingerprint density at radius 3 is 2.16 bits per heavy atom. The van der Waals surface area contributed by atoms with Crippen molar-refractivity contribution in [1.29, 1.82) is 0 Å². The van der Waals surface area contributed by atoms with Crippen molar-refractivity contribution in [3.8, 4) is 0 Å². The summed E-state index contributed by atoms with van der Waals surface area (Å²) in [7, 11) is -2.71. The number of Topliss-reactive ketones (excluding diaryl/α,β-unsaturated/α-hetero) is 1. The van der Waals surface area contributed by atoms with Crippen molar-refractivity contribution in [3.05, 3.63) is 135 Å². The summed E-state index contributed by atoms with van der Waals surface area (Å²) in [5.41, 5.74) is 5.16. The molecule has 4 aromatic rings. The lowest BCUT2D eigenvalue weighted by Gasteiger charge is -2.22. The van der Waals surface area contributed by atoms with E-state index >= 15 is 0 Å². The Bertz CT molecular complexity index is 1920. The molecule has 232 valence electrons. The van der Waals surface area contributed by atoms with Crippen LogP contribution in [-0.2, 0) is 37.4 Å².